The average molecular weight is 216 g/mol. The van der Waals surface area contributed by atoms with Crippen LogP contribution >= 0.6 is 24.0 Å². The van der Waals surface area contributed by atoms with Gasteiger partial charge in [0.05, 0.1) is 23.0 Å². The molecule has 0 saturated carbocycles. The van der Waals surface area contributed by atoms with E-state index in [0.29, 0.717) is 6.54 Å². The van der Waals surface area contributed by atoms with Crippen LogP contribution in [0.4, 0.5) is 0 Å². The number of nitrogens with one attached hydrogen (secondary N) is 1. The highest BCUT2D eigenvalue weighted by atomic mass is 32.1. The Balaban J connectivity index is 2.54. The molecule has 0 fully saturated rings. The molecule has 0 aliphatic rings. The second kappa shape index (κ2) is 4.62. The van der Waals surface area contributed by atoms with Crippen molar-refractivity contribution in [3.8, 4) is 0 Å². The predicted molar refractivity (Wildman–Crippen MR) is 57.3 cm³/mol. The molecule has 0 atom stereocenters. The molecule has 0 radical (unpaired) electrons. The number of nitrogens with zero attached hydrogens (tertiary/aromatic N) is 1. The molecule has 1 aromatic rings. The van der Waals surface area contributed by atoms with Gasteiger partial charge in [-0.3, -0.25) is 4.79 Å². The Bertz CT molecular complexity index is 309. The van der Waals surface area contributed by atoms with Crippen LogP contribution in [0.25, 0.3) is 0 Å². The Morgan fingerprint density at radius 3 is 2.77 bits per heavy atom. The summed E-state index contributed by atoms with van der Waals surface area (Å²) < 4.78 is 0. The summed E-state index contributed by atoms with van der Waals surface area (Å²) in [4.78, 5) is 16.3. The van der Waals surface area contributed by atoms with Crippen LogP contribution < -0.4 is 5.32 Å². The van der Waals surface area contributed by atoms with E-state index in [1.54, 1.807) is 11.3 Å². The minimum Gasteiger partial charge on any atom is -0.350 e. The molecule has 1 N–H and O–H groups in total. The molecule has 5 heteroatoms. The van der Waals surface area contributed by atoms with E-state index in [-0.39, 0.29) is 11.7 Å². The molecular formula is C8H12N2OS2. The molecular weight excluding hydrogens is 204 g/mol. The van der Waals surface area contributed by atoms with Crippen LogP contribution in [0.3, 0.4) is 0 Å². The minimum atomic E-state index is -0.0474. The van der Waals surface area contributed by atoms with Crippen LogP contribution in [0.15, 0.2) is 0 Å². The van der Waals surface area contributed by atoms with Gasteiger partial charge in [-0.2, -0.15) is 12.6 Å². The summed E-state index contributed by atoms with van der Waals surface area (Å²) in [6, 6.07) is 0. The quantitative estimate of drug-likeness (QED) is 0.748. The number of hydrogen-bond donors (Lipinski definition) is 2. The van der Waals surface area contributed by atoms with Gasteiger partial charge < -0.3 is 5.32 Å². The van der Waals surface area contributed by atoms with Crippen molar-refractivity contribution < 1.29 is 4.79 Å². The van der Waals surface area contributed by atoms with Crippen LogP contribution in [0.2, 0.25) is 0 Å². The van der Waals surface area contributed by atoms with Crippen LogP contribution in [0.5, 0.6) is 0 Å². The second-order valence-corrected chi connectivity index (χ2v) is 4.28. The van der Waals surface area contributed by atoms with E-state index in [4.69, 9.17) is 0 Å². The van der Waals surface area contributed by atoms with Gasteiger partial charge >= 0.3 is 0 Å². The molecule has 0 bridgehead atoms. The molecule has 13 heavy (non-hydrogen) atoms. The number of aromatic nitrogens is 1. The summed E-state index contributed by atoms with van der Waals surface area (Å²) in [6.45, 7) is 4.48. The topological polar surface area (TPSA) is 42.0 Å². The van der Waals surface area contributed by atoms with Crippen molar-refractivity contribution >= 4 is 29.9 Å². The molecule has 0 aromatic carbocycles. The van der Waals surface area contributed by atoms with E-state index >= 15 is 0 Å². The second-order valence-electron chi connectivity index (χ2n) is 2.68. The van der Waals surface area contributed by atoms with E-state index in [9.17, 15) is 4.79 Å². The largest absolute Gasteiger partial charge is 0.350 e. The molecule has 0 spiro atoms. The highest BCUT2D eigenvalue weighted by molar-refractivity contribution is 7.81. The average Bonchev–Trinajstić information content (AvgIpc) is 2.41. The van der Waals surface area contributed by atoms with Crippen molar-refractivity contribution in [2.45, 2.75) is 20.4 Å². The summed E-state index contributed by atoms with van der Waals surface area (Å²) in [5.74, 6) is 0.186. The van der Waals surface area contributed by atoms with Crippen LogP contribution in [0, 0.1) is 13.8 Å². The van der Waals surface area contributed by atoms with Gasteiger partial charge in [0.2, 0.25) is 5.91 Å². The predicted octanol–water partition coefficient (Wildman–Crippen LogP) is 1.31. The van der Waals surface area contributed by atoms with Crippen molar-refractivity contribution in [2.75, 3.05) is 5.75 Å². The van der Waals surface area contributed by atoms with E-state index in [0.717, 1.165) is 15.6 Å². The lowest BCUT2D eigenvalue weighted by Gasteiger charge is -2.00. The fourth-order valence-corrected chi connectivity index (χ4v) is 1.96. The molecule has 0 saturated heterocycles. The number of aryl methyl sites for hydroxylation is 2. The van der Waals surface area contributed by atoms with Gasteiger partial charge in [0.1, 0.15) is 0 Å². The molecule has 0 aliphatic heterocycles. The normalized spacial score (nSPS) is 10.1. The lowest BCUT2D eigenvalue weighted by Crippen LogP contribution is -2.23. The molecule has 0 aliphatic carbocycles. The van der Waals surface area contributed by atoms with E-state index in [1.165, 1.54) is 0 Å². The number of carbonyl (C=O) groups excluding carboxylic acids is 1. The highest BCUT2D eigenvalue weighted by Crippen LogP contribution is 2.16. The third-order valence-corrected chi connectivity index (χ3v) is 2.95. The number of hydrogen-bond acceptors (Lipinski definition) is 4. The zero-order chi connectivity index (χ0) is 9.84. The van der Waals surface area contributed by atoms with Crippen molar-refractivity contribution in [1.82, 2.24) is 10.3 Å². The zero-order valence-electron chi connectivity index (χ0n) is 7.63. The standard InChI is InChI=1S/C8H12N2OS2/c1-5-7(13-6(2)10-5)3-9-8(11)4-12/h12H,3-4H2,1-2H3,(H,9,11). The first-order chi connectivity index (χ1) is 6.13. The summed E-state index contributed by atoms with van der Waals surface area (Å²) in [7, 11) is 0. The Kier molecular flexibility index (Phi) is 3.74. The Labute approximate surface area is 87.0 Å². The SMILES string of the molecule is Cc1nc(C)c(CNC(=O)CS)s1. The molecule has 1 aromatic heterocycles. The first kappa shape index (κ1) is 10.5. The number of thiazole rings is 1. The van der Waals surface area contributed by atoms with Crippen molar-refractivity contribution in [2.24, 2.45) is 0 Å². The maximum absolute atomic E-state index is 10.9. The first-order valence-corrected chi connectivity index (χ1v) is 5.39. The Hall–Kier alpha value is -0.550. The van der Waals surface area contributed by atoms with Crippen molar-refractivity contribution in [3.05, 3.63) is 15.6 Å². The molecule has 72 valence electrons. The maximum atomic E-state index is 10.9. The van der Waals surface area contributed by atoms with Gasteiger partial charge in [0.15, 0.2) is 0 Å². The van der Waals surface area contributed by atoms with Crippen molar-refractivity contribution in [1.29, 1.82) is 0 Å². The fourth-order valence-electron chi connectivity index (χ4n) is 0.972. The minimum absolute atomic E-state index is 0.0474. The molecule has 3 nitrogen and oxygen atoms in total. The third kappa shape index (κ3) is 3.00. The Morgan fingerprint density at radius 2 is 2.31 bits per heavy atom. The maximum Gasteiger partial charge on any atom is 0.230 e. The van der Waals surface area contributed by atoms with E-state index in [1.807, 2.05) is 13.8 Å². The first-order valence-electron chi connectivity index (χ1n) is 3.94. The number of rotatable bonds is 3. The van der Waals surface area contributed by atoms with Gasteiger partial charge in [-0.25, -0.2) is 4.98 Å². The smallest absolute Gasteiger partial charge is 0.230 e. The van der Waals surface area contributed by atoms with Gasteiger partial charge in [-0.05, 0) is 13.8 Å². The van der Waals surface area contributed by atoms with Crippen LogP contribution in [-0.2, 0) is 11.3 Å². The fraction of sp³-hybridized carbons (Fsp3) is 0.500. The van der Waals surface area contributed by atoms with Gasteiger partial charge in [-0.1, -0.05) is 0 Å². The van der Waals surface area contributed by atoms with Crippen LogP contribution in [0.1, 0.15) is 15.6 Å². The lowest BCUT2D eigenvalue weighted by atomic mass is 10.4. The third-order valence-electron chi connectivity index (χ3n) is 1.59. The summed E-state index contributed by atoms with van der Waals surface area (Å²) >= 11 is 5.48. The summed E-state index contributed by atoms with van der Waals surface area (Å²) in [5.41, 5.74) is 1.00. The van der Waals surface area contributed by atoms with Gasteiger partial charge in [0.25, 0.3) is 0 Å². The van der Waals surface area contributed by atoms with Gasteiger partial charge in [-0.15, -0.1) is 11.3 Å². The monoisotopic (exact) mass is 216 g/mol. The molecule has 1 amide bonds. The van der Waals surface area contributed by atoms with Gasteiger partial charge in [0, 0.05) is 4.88 Å². The van der Waals surface area contributed by atoms with Crippen molar-refractivity contribution in [3.63, 3.8) is 0 Å². The summed E-state index contributed by atoms with van der Waals surface area (Å²) in [5, 5.41) is 3.79. The number of carbonyl (C=O) groups is 1. The van der Waals surface area contributed by atoms with E-state index < -0.39 is 0 Å². The van der Waals surface area contributed by atoms with E-state index in [2.05, 4.69) is 22.9 Å². The highest BCUT2D eigenvalue weighted by Gasteiger charge is 2.05. The number of amides is 1. The number of thiol groups is 1. The molecule has 0 unspecified atom stereocenters. The Morgan fingerprint density at radius 1 is 1.62 bits per heavy atom. The summed E-state index contributed by atoms with van der Waals surface area (Å²) in [6.07, 6.45) is 0. The zero-order valence-corrected chi connectivity index (χ0v) is 9.34. The lowest BCUT2D eigenvalue weighted by molar-refractivity contribution is -0.118. The molecule has 1 rings (SSSR count). The van der Waals surface area contributed by atoms with Crippen LogP contribution in [-0.4, -0.2) is 16.6 Å². The molecule has 1 heterocycles.